The number of nitrogens with zero attached hydrogens (tertiary/aromatic N) is 2. The van der Waals surface area contributed by atoms with E-state index in [0.717, 1.165) is 27.7 Å². The van der Waals surface area contributed by atoms with Crippen molar-refractivity contribution in [1.82, 2.24) is 4.57 Å². The van der Waals surface area contributed by atoms with E-state index in [1.165, 1.54) is 23.5 Å². The largest absolute Gasteiger partial charge is 0.316 e. The maximum absolute atomic E-state index is 13.4. The Kier molecular flexibility index (Phi) is 4.73. The minimum atomic E-state index is -0.297. The summed E-state index contributed by atoms with van der Waals surface area (Å²) < 4.78 is 17.1. The van der Waals surface area contributed by atoms with Crippen LogP contribution in [0, 0.1) is 5.82 Å². The van der Waals surface area contributed by atoms with Crippen molar-refractivity contribution in [3.05, 3.63) is 63.1 Å². The Morgan fingerprint density at radius 2 is 2.00 bits per heavy atom. The molecular formula is C17H14BrFN2OS. The molecular weight excluding hydrogens is 379 g/mol. The summed E-state index contributed by atoms with van der Waals surface area (Å²) in [4.78, 5) is 17.2. The lowest BCUT2D eigenvalue weighted by Gasteiger charge is -2.02. The zero-order valence-electron chi connectivity index (χ0n) is 12.4. The normalized spacial score (nSPS) is 12.0. The number of benzene rings is 2. The van der Waals surface area contributed by atoms with Crippen LogP contribution in [0.1, 0.15) is 23.7 Å². The van der Waals surface area contributed by atoms with Crippen LogP contribution >= 0.6 is 27.3 Å². The molecule has 0 unspecified atom stereocenters. The van der Waals surface area contributed by atoms with E-state index in [-0.39, 0.29) is 11.7 Å². The minimum Gasteiger partial charge on any atom is -0.316 e. The molecule has 23 heavy (non-hydrogen) atoms. The van der Waals surface area contributed by atoms with Gasteiger partial charge in [-0.2, -0.15) is 4.99 Å². The third kappa shape index (κ3) is 3.43. The average molecular weight is 393 g/mol. The fraction of sp³-hybridized carbons (Fsp3) is 0.176. The third-order valence-electron chi connectivity index (χ3n) is 3.38. The molecule has 0 aliphatic heterocycles. The molecule has 6 heteroatoms. The molecule has 0 aliphatic rings. The summed E-state index contributed by atoms with van der Waals surface area (Å²) in [5.74, 6) is -0.581. The molecule has 0 fully saturated rings. The Morgan fingerprint density at radius 1 is 1.26 bits per heavy atom. The monoisotopic (exact) mass is 392 g/mol. The summed E-state index contributed by atoms with van der Waals surface area (Å²) in [5.41, 5.74) is 1.43. The van der Waals surface area contributed by atoms with Crippen LogP contribution in [-0.4, -0.2) is 10.5 Å². The molecule has 0 atom stereocenters. The van der Waals surface area contributed by atoms with Crippen LogP contribution in [0.4, 0.5) is 4.39 Å². The van der Waals surface area contributed by atoms with Crippen LogP contribution in [-0.2, 0) is 6.54 Å². The topological polar surface area (TPSA) is 34.4 Å². The molecule has 0 bridgehead atoms. The van der Waals surface area contributed by atoms with Crippen molar-refractivity contribution in [1.29, 1.82) is 0 Å². The average Bonchev–Trinajstić information content (AvgIpc) is 2.85. The smallest absolute Gasteiger partial charge is 0.279 e. The summed E-state index contributed by atoms with van der Waals surface area (Å²) in [6, 6.07) is 11.7. The molecule has 0 saturated carbocycles. The van der Waals surface area contributed by atoms with Crippen molar-refractivity contribution in [3.63, 3.8) is 0 Å². The second kappa shape index (κ2) is 6.76. The van der Waals surface area contributed by atoms with Gasteiger partial charge in [0.15, 0.2) is 4.80 Å². The molecule has 3 nitrogen and oxygen atoms in total. The molecule has 1 aromatic heterocycles. The molecule has 3 aromatic rings. The predicted octanol–water partition coefficient (Wildman–Crippen LogP) is 4.76. The van der Waals surface area contributed by atoms with E-state index in [2.05, 4.69) is 27.8 Å². The van der Waals surface area contributed by atoms with Gasteiger partial charge >= 0.3 is 0 Å². The van der Waals surface area contributed by atoms with Gasteiger partial charge in [-0.3, -0.25) is 4.79 Å². The van der Waals surface area contributed by atoms with Crippen LogP contribution in [0.25, 0.3) is 10.2 Å². The summed E-state index contributed by atoms with van der Waals surface area (Å²) in [6.07, 6.45) is 0.906. The fourth-order valence-electron chi connectivity index (χ4n) is 2.32. The van der Waals surface area contributed by atoms with Crippen molar-refractivity contribution < 1.29 is 9.18 Å². The van der Waals surface area contributed by atoms with Crippen molar-refractivity contribution >= 4 is 43.4 Å². The molecule has 1 amide bonds. The van der Waals surface area contributed by atoms with Crippen molar-refractivity contribution in [3.8, 4) is 0 Å². The van der Waals surface area contributed by atoms with E-state index in [1.807, 2.05) is 16.7 Å². The minimum absolute atomic E-state index is 0.284. The number of fused-ring (bicyclic) bond motifs is 1. The second-order valence-corrected chi connectivity index (χ2v) is 7.00. The SMILES string of the molecule is CCCn1c(=NC(=O)c2ccc(Br)cc2)sc2cc(F)ccc21. The van der Waals surface area contributed by atoms with Gasteiger partial charge in [-0.1, -0.05) is 34.2 Å². The van der Waals surface area contributed by atoms with Crippen molar-refractivity contribution in [2.45, 2.75) is 19.9 Å². The number of hydrogen-bond acceptors (Lipinski definition) is 2. The first-order valence-electron chi connectivity index (χ1n) is 7.22. The summed E-state index contributed by atoms with van der Waals surface area (Å²) in [6.45, 7) is 2.79. The highest BCUT2D eigenvalue weighted by molar-refractivity contribution is 9.10. The zero-order valence-corrected chi connectivity index (χ0v) is 14.8. The van der Waals surface area contributed by atoms with Gasteiger partial charge in [-0.05, 0) is 48.9 Å². The van der Waals surface area contributed by atoms with Gasteiger partial charge in [0, 0.05) is 16.6 Å². The maximum Gasteiger partial charge on any atom is 0.279 e. The van der Waals surface area contributed by atoms with Gasteiger partial charge in [-0.15, -0.1) is 0 Å². The van der Waals surface area contributed by atoms with Crippen LogP contribution in [0.3, 0.4) is 0 Å². The summed E-state index contributed by atoms with van der Waals surface area (Å²) in [5, 5.41) is 0. The Balaban J connectivity index is 2.12. The molecule has 0 N–H and O–H groups in total. The second-order valence-electron chi connectivity index (χ2n) is 5.07. The van der Waals surface area contributed by atoms with Crippen molar-refractivity contribution in [2.24, 2.45) is 4.99 Å². The first-order chi connectivity index (χ1) is 11.1. The molecule has 2 aromatic carbocycles. The van der Waals surface area contributed by atoms with Gasteiger partial charge in [-0.25, -0.2) is 4.39 Å². The highest BCUT2D eigenvalue weighted by Crippen LogP contribution is 2.19. The predicted molar refractivity (Wildman–Crippen MR) is 94.1 cm³/mol. The van der Waals surface area contributed by atoms with E-state index < -0.39 is 0 Å². The van der Waals surface area contributed by atoms with Crippen LogP contribution in [0.2, 0.25) is 0 Å². The van der Waals surface area contributed by atoms with Crippen LogP contribution in [0.5, 0.6) is 0 Å². The van der Waals surface area contributed by atoms with Gasteiger partial charge in [0.2, 0.25) is 0 Å². The zero-order chi connectivity index (χ0) is 16.4. The Labute approximate surface area is 145 Å². The number of carbonyl (C=O) groups excluding carboxylic acids is 1. The standard InChI is InChI=1S/C17H14BrFN2OS/c1-2-9-21-14-8-7-13(19)10-15(14)23-17(21)20-16(22)11-3-5-12(18)6-4-11/h3-8,10H,2,9H2,1H3. The number of aryl methyl sites for hydroxylation is 1. The number of thiazole rings is 1. The van der Waals surface area contributed by atoms with Crippen LogP contribution < -0.4 is 4.80 Å². The number of aromatic nitrogens is 1. The third-order valence-corrected chi connectivity index (χ3v) is 4.95. The molecule has 0 spiro atoms. The molecule has 0 saturated heterocycles. The van der Waals surface area contributed by atoms with E-state index in [1.54, 1.807) is 18.2 Å². The van der Waals surface area contributed by atoms with Crippen molar-refractivity contribution in [2.75, 3.05) is 0 Å². The number of halogens is 2. The fourth-order valence-corrected chi connectivity index (χ4v) is 3.66. The lowest BCUT2D eigenvalue weighted by atomic mass is 10.2. The van der Waals surface area contributed by atoms with Gasteiger partial charge in [0.05, 0.1) is 10.2 Å². The maximum atomic E-state index is 13.4. The van der Waals surface area contributed by atoms with Gasteiger partial charge in [0.1, 0.15) is 5.82 Å². The quantitative estimate of drug-likeness (QED) is 0.632. The number of hydrogen-bond donors (Lipinski definition) is 0. The Morgan fingerprint density at radius 3 is 2.70 bits per heavy atom. The highest BCUT2D eigenvalue weighted by Gasteiger charge is 2.09. The summed E-state index contributed by atoms with van der Waals surface area (Å²) >= 11 is 4.67. The van der Waals surface area contributed by atoms with Gasteiger partial charge < -0.3 is 4.57 Å². The number of amides is 1. The Bertz CT molecular complexity index is 928. The highest BCUT2D eigenvalue weighted by atomic mass is 79.9. The first-order valence-corrected chi connectivity index (χ1v) is 8.83. The molecule has 0 aliphatic carbocycles. The Hall–Kier alpha value is -1.79. The first kappa shape index (κ1) is 16.1. The number of carbonyl (C=O) groups is 1. The molecule has 118 valence electrons. The van der Waals surface area contributed by atoms with E-state index >= 15 is 0 Å². The molecule has 0 radical (unpaired) electrons. The molecule has 3 rings (SSSR count). The molecule has 1 heterocycles. The lowest BCUT2D eigenvalue weighted by Crippen LogP contribution is -2.16. The van der Waals surface area contributed by atoms with E-state index in [0.29, 0.717) is 10.4 Å². The summed E-state index contributed by atoms with van der Waals surface area (Å²) in [7, 11) is 0. The van der Waals surface area contributed by atoms with E-state index in [9.17, 15) is 9.18 Å². The van der Waals surface area contributed by atoms with Gasteiger partial charge in [0.25, 0.3) is 5.91 Å². The number of rotatable bonds is 3. The van der Waals surface area contributed by atoms with E-state index in [4.69, 9.17) is 0 Å². The van der Waals surface area contributed by atoms with Crippen LogP contribution in [0.15, 0.2) is 51.9 Å². The lowest BCUT2D eigenvalue weighted by molar-refractivity contribution is 0.0998.